The Bertz CT molecular complexity index is 833. The zero-order chi connectivity index (χ0) is 16.6. The summed E-state index contributed by atoms with van der Waals surface area (Å²) in [6.07, 6.45) is 0. The van der Waals surface area contributed by atoms with Crippen molar-refractivity contribution in [3.05, 3.63) is 35.2 Å². The number of urea groups is 1. The highest BCUT2D eigenvalue weighted by molar-refractivity contribution is 6.04. The van der Waals surface area contributed by atoms with Gasteiger partial charge in [0.15, 0.2) is 0 Å². The maximum Gasteiger partial charge on any atom is 0.322 e. The highest BCUT2D eigenvalue weighted by atomic mass is 16.2. The van der Waals surface area contributed by atoms with Crippen LogP contribution in [-0.4, -0.2) is 40.4 Å². The van der Waals surface area contributed by atoms with Gasteiger partial charge in [0.2, 0.25) is 0 Å². The van der Waals surface area contributed by atoms with E-state index >= 15 is 0 Å². The third-order valence-electron chi connectivity index (χ3n) is 3.66. The third kappa shape index (κ3) is 2.96. The smallest absolute Gasteiger partial charge is 0.322 e. The maximum absolute atomic E-state index is 12.2. The van der Waals surface area contributed by atoms with Gasteiger partial charge in [-0.3, -0.25) is 14.9 Å². The van der Waals surface area contributed by atoms with E-state index in [0.29, 0.717) is 16.6 Å². The molecule has 8 nitrogen and oxygen atoms in total. The number of imide groups is 1. The lowest BCUT2D eigenvalue weighted by Gasteiger charge is -2.10. The zero-order valence-corrected chi connectivity index (χ0v) is 12.6. The van der Waals surface area contributed by atoms with Gasteiger partial charge in [0.05, 0.1) is 22.4 Å². The fraction of sp³-hybridized carbons (Fsp3) is 0.267. The first-order valence-corrected chi connectivity index (χ1v) is 7.08. The normalized spacial score (nSPS) is 17.0. The molecular weight excluding hydrogens is 298 g/mol. The van der Waals surface area contributed by atoms with E-state index < -0.39 is 18.0 Å². The summed E-state index contributed by atoms with van der Waals surface area (Å²) in [6.45, 7) is 3.76. The molecule has 1 aromatic heterocycles. The molecule has 1 fully saturated rings. The van der Waals surface area contributed by atoms with Crippen molar-refractivity contribution in [1.29, 1.82) is 0 Å². The lowest BCUT2D eigenvalue weighted by molar-refractivity contribution is -0.120. The summed E-state index contributed by atoms with van der Waals surface area (Å²) in [5.41, 5.74) is 3.41. The largest absolute Gasteiger partial charge is 0.349 e. The molecule has 2 aromatic rings. The van der Waals surface area contributed by atoms with Crippen molar-refractivity contribution >= 4 is 28.9 Å². The van der Waals surface area contributed by atoms with E-state index in [2.05, 4.69) is 25.9 Å². The van der Waals surface area contributed by atoms with Gasteiger partial charge in [-0.05, 0) is 32.0 Å². The molecule has 2 heterocycles. The highest BCUT2D eigenvalue weighted by Crippen LogP contribution is 2.14. The second-order valence-electron chi connectivity index (χ2n) is 5.32. The predicted molar refractivity (Wildman–Crippen MR) is 81.8 cm³/mol. The van der Waals surface area contributed by atoms with Crippen molar-refractivity contribution in [3.8, 4) is 0 Å². The van der Waals surface area contributed by atoms with Gasteiger partial charge in [-0.15, -0.1) is 0 Å². The summed E-state index contributed by atoms with van der Waals surface area (Å²) < 4.78 is 0. The topological polar surface area (TPSA) is 113 Å². The average molecular weight is 313 g/mol. The Morgan fingerprint density at radius 2 is 1.87 bits per heavy atom. The minimum Gasteiger partial charge on any atom is -0.349 e. The van der Waals surface area contributed by atoms with E-state index in [0.717, 1.165) is 11.4 Å². The molecule has 3 rings (SSSR count). The molecule has 4 amide bonds. The Hall–Kier alpha value is -3.03. The van der Waals surface area contributed by atoms with E-state index in [1.54, 1.807) is 18.2 Å². The van der Waals surface area contributed by atoms with Crippen molar-refractivity contribution in [1.82, 2.24) is 25.9 Å². The molecule has 0 radical (unpaired) electrons. The monoisotopic (exact) mass is 313 g/mol. The van der Waals surface area contributed by atoms with Crippen LogP contribution in [0.4, 0.5) is 4.79 Å². The maximum atomic E-state index is 12.2. The van der Waals surface area contributed by atoms with Crippen LogP contribution in [0.25, 0.3) is 11.0 Å². The van der Waals surface area contributed by atoms with Crippen molar-refractivity contribution in [3.63, 3.8) is 0 Å². The lowest BCUT2D eigenvalue weighted by Crippen LogP contribution is -2.41. The van der Waals surface area contributed by atoms with E-state index in [9.17, 15) is 14.4 Å². The molecule has 1 saturated heterocycles. The number of carbonyl (C=O) groups is 3. The van der Waals surface area contributed by atoms with Gasteiger partial charge in [-0.25, -0.2) is 14.8 Å². The van der Waals surface area contributed by atoms with Crippen molar-refractivity contribution in [2.75, 3.05) is 6.54 Å². The lowest BCUT2D eigenvalue weighted by atomic mass is 10.1. The van der Waals surface area contributed by atoms with Crippen molar-refractivity contribution in [2.24, 2.45) is 0 Å². The van der Waals surface area contributed by atoms with Crippen LogP contribution in [0.1, 0.15) is 21.7 Å². The number of aromatic nitrogens is 2. The second-order valence-corrected chi connectivity index (χ2v) is 5.32. The fourth-order valence-corrected chi connectivity index (χ4v) is 2.27. The molecule has 1 aliphatic rings. The Morgan fingerprint density at radius 3 is 2.52 bits per heavy atom. The van der Waals surface area contributed by atoms with E-state index in [1.807, 2.05) is 13.8 Å². The molecule has 1 unspecified atom stereocenters. The molecule has 0 saturated carbocycles. The first-order valence-electron chi connectivity index (χ1n) is 7.08. The molecule has 1 aromatic carbocycles. The molecule has 8 heteroatoms. The number of nitrogens with zero attached hydrogens (tertiary/aromatic N) is 2. The van der Waals surface area contributed by atoms with Gasteiger partial charge in [-0.2, -0.15) is 0 Å². The number of rotatable bonds is 3. The number of aryl methyl sites for hydroxylation is 2. The van der Waals surface area contributed by atoms with E-state index in [-0.39, 0.29) is 12.5 Å². The summed E-state index contributed by atoms with van der Waals surface area (Å²) in [7, 11) is 0. The Kier molecular flexibility index (Phi) is 3.65. The van der Waals surface area contributed by atoms with Crippen molar-refractivity contribution < 1.29 is 14.4 Å². The Balaban J connectivity index is 1.74. The summed E-state index contributed by atoms with van der Waals surface area (Å²) in [4.78, 5) is 43.4. The van der Waals surface area contributed by atoms with Gasteiger partial charge in [-0.1, -0.05) is 0 Å². The van der Waals surface area contributed by atoms with Gasteiger partial charge in [0, 0.05) is 12.1 Å². The number of carbonyl (C=O) groups excluding carboxylic acids is 3. The van der Waals surface area contributed by atoms with Gasteiger partial charge >= 0.3 is 6.03 Å². The molecule has 1 aliphatic heterocycles. The Labute approximate surface area is 131 Å². The molecule has 0 spiro atoms. The van der Waals surface area contributed by atoms with Crippen LogP contribution in [0, 0.1) is 13.8 Å². The highest BCUT2D eigenvalue weighted by Gasteiger charge is 2.29. The van der Waals surface area contributed by atoms with Crippen LogP contribution >= 0.6 is 0 Å². The van der Waals surface area contributed by atoms with E-state index in [4.69, 9.17) is 0 Å². The number of hydrogen-bond donors (Lipinski definition) is 3. The van der Waals surface area contributed by atoms with E-state index in [1.165, 1.54) is 0 Å². The van der Waals surface area contributed by atoms with Crippen LogP contribution in [0.3, 0.4) is 0 Å². The summed E-state index contributed by atoms with van der Waals surface area (Å²) in [5.74, 6) is -0.799. The molecule has 3 N–H and O–H groups in total. The number of nitrogens with one attached hydrogen (secondary N) is 3. The van der Waals surface area contributed by atoms with Crippen LogP contribution < -0.4 is 16.0 Å². The molecule has 23 heavy (non-hydrogen) atoms. The predicted octanol–water partition coefficient (Wildman–Crippen LogP) is 0.184. The Morgan fingerprint density at radius 1 is 1.17 bits per heavy atom. The molecule has 0 bridgehead atoms. The molecule has 1 atom stereocenters. The number of hydrogen-bond acceptors (Lipinski definition) is 5. The van der Waals surface area contributed by atoms with Gasteiger partial charge in [0.1, 0.15) is 6.04 Å². The summed E-state index contributed by atoms with van der Waals surface area (Å²) >= 11 is 0. The third-order valence-corrected chi connectivity index (χ3v) is 3.66. The first kappa shape index (κ1) is 14.9. The van der Waals surface area contributed by atoms with Gasteiger partial charge in [0.25, 0.3) is 11.8 Å². The molecule has 0 aliphatic carbocycles. The molecular formula is C15H15N5O3. The number of amides is 4. The van der Waals surface area contributed by atoms with Crippen LogP contribution in [0.15, 0.2) is 18.2 Å². The summed E-state index contributed by atoms with van der Waals surface area (Å²) in [6, 6.07) is 3.72. The quantitative estimate of drug-likeness (QED) is 0.700. The summed E-state index contributed by atoms with van der Waals surface area (Å²) in [5, 5.41) is 7.14. The first-order chi connectivity index (χ1) is 10.9. The SMILES string of the molecule is Cc1nc2ccc(C(=O)NCC3NC(=O)NC3=O)cc2nc1C. The van der Waals surface area contributed by atoms with Crippen molar-refractivity contribution in [2.45, 2.75) is 19.9 Å². The minimum absolute atomic E-state index is 0.0209. The van der Waals surface area contributed by atoms with Crippen LogP contribution in [-0.2, 0) is 4.79 Å². The molecule has 118 valence electrons. The average Bonchev–Trinajstić information content (AvgIpc) is 2.83. The minimum atomic E-state index is -0.753. The zero-order valence-electron chi connectivity index (χ0n) is 12.6. The standard InChI is InChI=1S/C15H15N5O3/c1-7-8(2)18-11-5-9(3-4-10(11)17-7)13(21)16-6-12-14(22)20-15(23)19-12/h3-5,12H,6H2,1-2H3,(H,16,21)(H2,19,20,22,23). The second kappa shape index (κ2) is 5.64. The van der Waals surface area contributed by atoms with Crippen LogP contribution in [0.2, 0.25) is 0 Å². The number of benzene rings is 1. The number of fused-ring (bicyclic) bond motifs is 1. The van der Waals surface area contributed by atoms with Crippen LogP contribution in [0.5, 0.6) is 0 Å². The fourth-order valence-electron chi connectivity index (χ4n) is 2.27. The van der Waals surface area contributed by atoms with Gasteiger partial charge < -0.3 is 10.6 Å².